The third kappa shape index (κ3) is 6.06. The van der Waals surface area contributed by atoms with Crippen LogP contribution < -0.4 is 10.6 Å². The van der Waals surface area contributed by atoms with Crippen molar-refractivity contribution >= 4 is 24.1 Å². The molecule has 11 heteroatoms. The number of nitrogens with one attached hydrogen (secondary N) is 2. The average molecular weight is 423 g/mol. The van der Waals surface area contributed by atoms with E-state index in [0.717, 1.165) is 12.7 Å². The lowest BCUT2D eigenvalue weighted by Gasteiger charge is -2.35. The first-order valence-electron chi connectivity index (χ1n) is 9.34. The first kappa shape index (κ1) is 22.9. The molecule has 1 aliphatic rings. The van der Waals surface area contributed by atoms with Crippen LogP contribution in [0.5, 0.6) is 0 Å². The van der Waals surface area contributed by atoms with Gasteiger partial charge in [-0.1, -0.05) is 6.07 Å². The molecule has 4 atom stereocenters. The van der Waals surface area contributed by atoms with Crippen LogP contribution in [0.3, 0.4) is 0 Å². The highest BCUT2D eigenvalue weighted by Gasteiger charge is 2.36. The van der Waals surface area contributed by atoms with Crippen LogP contribution in [0.15, 0.2) is 18.3 Å². The maximum atomic E-state index is 11.7. The number of aromatic nitrogens is 1. The molecule has 1 aromatic rings. The molecule has 0 spiro atoms. The fourth-order valence-electron chi connectivity index (χ4n) is 3.53. The Bertz CT molecular complexity index is 782. The molecule has 1 unspecified atom stereocenters. The predicted octanol–water partition coefficient (Wildman–Crippen LogP) is 1.13. The van der Waals surface area contributed by atoms with Crippen molar-refractivity contribution < 1.29 is 38.9 Å². The Hall–Kier alpha value is -3.37. The van der Waals surface area contributed by atoms with Crippen LogP contribution in [0.2, 0.25) is 0 Å². The number of carbonyl (C=O) groups excluding carboxylic acids is 2. The van der Waals surface area contributed by atoms with Crippen LogP contribution >= 0.6 is 0 Å². The van der Waals surface area contributed by atoms with E-state index in [9.17, 15) is 29.4 Å². The second-order valence-electron chi connectivity index (χ2n) is 7.01. The maximum absolute atomic E-state index is 11.7. The van der Waals surface area contributed by atoms with Gasteiger partial charge in [-0.25, -0.2) is 14.4 Å². The van der Waals surface area contributed by atoms with Gasteiger partial charge in [0.05, 0.1) is 20.1 Å². The van der Waals surface area contributed by atoms with Gasteiger partial charge in [-0.05, 0) is 30.9 Å². The van der Waals surface area contributed by atoms with Crippen molar-refractivity contribution in [2.24, 2.45) is 5.92 Å². The maximum Gasteiger partial charge on any atom is 0.407 e. The number of aliphatic carboxylic acids is 2. The van der Waals surface area contributed by atoms with E-state index in [2.05, 4.69) is 25.1 Å². The van der Waals surface area contributed by atoms with Crippen LogP contribution in [-0.4, -0.2) is 65.6 Å². The van der Waals surface area contributed by atoms with E-state index in [-0.39, 0.29) is 18.4 Å². The van der Waals surface area contributed by atoms with Crippen LogP contribution in [0.4, 0.5) is 9.59 Å². The predicted molar refractivity (Wildman–Crippen MR) is 102 cm³/mol. The Labute approximate surface area is 172 Å². The third-order valence-electron chi connectivity index (χ3n) is 5.15. The van der Waals surface area contributed by atoms with Gasteiger partial charge in [0.15, 0.2) is 0 Å². The summed E-state index contributed by atoms with van der Waals surface area (Å²) in [7, 11) is 2.39. The number of amides is 2. The second-order valence-corrected chi connectivity index (χ2v) is 7.01. The summed E-state index contributed by atoms with van der Waals surface area (Å²) in [5, 5.41) is 23.6. The number of alkyl carbamates (subject to hydrolysis) is 2. The number of methoxy groups -OCH3 is 2. The zero-order chi connectivity index (χ0) is 22.3. The molecule has 164 valence electrons. The highest BCUT2D eigenvalue weighted by molar-refractivity contribution is 5.80. The molecule has 0 radical (unpaired) electrons. The molecule has 0 aliphatic heterocycles. The zero-order valence-corrected chi connectivity index (χ0v) is 16.7. The quantitative estimate of drug-likeness (QED) is 0.503. The van der Waals surface area contributed by atoms with Crippen molar-refractivity contribution in [2.75, 3.05) is 14.2 Å². The first-order chi connectivity index (χ1) is 14.2. The number of carbonyl (C=O) groups is 4. The van der Waals surface area contributed by atoms with Gasteiger partial charge in [-0.15, -0.1) is 0 Å². The summed E-state index contributed by atoms with van der Waals surface area (Å²) in [5.74, 6) is -2.94. The largest absolute Gasteiger partial charge is 0.481 e. The van der Waals surface area contributed by atoms with Crippen LogP contribution in [0.1, 0.15) is 36.4 Å². The van der Waals surface area contributed by atoms with E-state index < -0.39 is 36.1 Å². The average Bonchev–Trinajstić information content (AvgIpc) is 2.73. The lowest BCUT2D eigenvalue weighted by Crippen LogP contribution is -2.43. The van der Waals surface area contributed by atoms with Crippen molar-refractivity contribution in [1.29, 1.82) is 0 Å². The standard InChI is InChI=1S/C19H25N3O8/c1-29-18(27)21-14-6-4-10(16(23)24)7-13(14)11-3-5-12(20-9-11)8-15(17(25)26)22-19(28)30-2/h3,5,9-10,13-15H,4,6-8H2,1-2H3,(H,21,27)(H,22,28)(H,23,24)(H,25,26)/t10-,13?,14+,15-/m0/s1. The van der Waals surface area contributed by atoms with Gasteiger partial charge >= 0.3 is 24.1 Å². The minimum atomic E-state index is -1.23. The van der Waals surface area contributed by atoms with E-state index in [1.165, 1.54) is 13.3 Å². The van der Waals surface area contributed by atoms with E-state index in [4.69, 9.17) is 0 Å². The van der Waals surface area contributed by atoms with Gasteiger partial charge in [0, 0.05) is 30.3 Å². The molecule has 1 fully saturated rings. The molecule has 11 nitrogen and oxygen atoms in total. The van der Waals surface area contributed by atoms with E-state index in [1.807, 2.05) is 0 Å². The van der Waals surface area contributed by atoms with Crippen LogP contribution in [-0.2, 0) is 25.5 Å². The van der Waals surface area contributed by atoms with Crippen LogP contribution in [0, 0.1) is 5.92 Å². The molecule has 1 aromatic heterocycles. The van der Waals surface area contributed by atoms with Crippen molar-refractivity contribution in [3.63, 3.8) is 0 Å². The monoisotopic (exact) mass is 423 g/mol. The number of carboxylic acids is 2. The molecule has 1 aliphatic carbocycles. The van der Waals surface area contributed by atoms with Crippen molar-refractivity contribution in [3.8, 4) is 0 Å². The summed E-state index contributed by atoms with van der Waals surface area (Å²) in [6.45, 7) is 0. The first-order valence-corrected chi connectivity index (χ1v) is 9.34. The van der Waals surface area contributed by atoms with Gasteiger partial charge in [-0.2, -0.15) is 0 Å². The lowest BCUT2D eigenvalue weighted by atomic mass is 9.75. The number of pyridine rings is 1. The third-order valence-corrected chi connectivity index (χ3v) is 5.15. The van der Waals surface area contributed by atoms with Crippen molar-refractivity contribution in [3.05, 3.63) is 29.6 Å². The molecule has 1 heterocycles. The van der Waals surface area contributed by atoms with Gasteiger partial charge in [0.2, 0.25) is 0 Å². The van der Waals surface area contributed by atoms with Gasteiger partial charge in [0.25, 0.3) is 0 Å². The lowest BCUT2D eigenvalue weighted by molar-refractivity contribution is -0.143. The smallest absolute Gasteiger partial charge is 0.407 e. The molecule has 4 N–H and O–H groups in total. The van der Waals surface area contributed by atoms with Crippen molar-refractivity contribution in [1.82, 2.24) is 15.6 Å². The molecule has 2 rings (SSSR count). The number of carboxylic acid groups (broad SMARTS) is 2. The zero-order valence-electron chi connectivity index (χ0n) is 16.7. The van der Waals surface area contributed by atoms with Gasteiger partial charge in [-0.3, -0.25) is 9.78 Å². The molecule has 30 heavy (non-hydrogen) atoms. The summed E-state index contributed by atoms with van der Waals surface area (Å²) in [4.78, 5) is 50.0. The molecule has 0 saturated heterocycles. The molecule has 0 aromatic carbocycles. The second kappa shape index (κ2) is 10.4. The normalized spacial score (nSPS) is 21.7. The number of hydrogen-bond donors (Lipinski definition) is 4. The van der Waals surface area contributed by atoms with E-state index in [1.54, 1.807) is 12.1 Å². The number of nitrogens with zero attached hydrogens (tertiary/aromatic N) is 1. The number of hydrogen-bond acceptors (Lipinski definition) is 7. The topological polar surface area (TPSA) is 164 Å². The molecular weight excluding hydrogens is 398 g/mol. The highest BCUT2D eigenvalue weighted by atomic mass is 16.5. The summed E-state index contributed by atoms with van der Waals surface area (Å²) >= 11 is 0. The minimum Gasteiger partial charge on any atom is -0.481 e. The van der Waals surface area contributed by atoms with Crippen LogP contribution in [0.25, 0.3) is 0 Å². The minimum absolute atomic E-state index is 0.0586. The highest BCUT2D eigenvalue weighted by Crippen LogP contribution is 2.36. The fraction of sp³-hybridized carbons (Fsp3) is 0.526. The summed E-state index contributed by atoms with van der Waals surface area (Å²) in [6, 6.07) is 1.81. The molecular formula is C19H25N3O8. The summed E-state index contributed by atoms with van der Waals surface area (Å²) in [6.07, 6.45) is 1.25. The van der Waals surface area contributed by atoms with Gasteiger partial charge < -0.3 is 30.3 Å². The molecule has 0 bridgehead atoms. The Kier molecular flexibility index (Phi) is 7.96. The summed E-state index contributed by atoms with van der Waals surface area (Å²) in [5.41, 5.74) is 1.14. The Morgan fingerprint density at radius 3 is 2.37 bits per heavy atom. The molecule has 2 amide bonds. The SMILES string of the molecule is COC(=O)N[C@@H](Cc1ccc(C2C[C@@H](C(=O)O)CC[C@H]2NC(=O)OC)cn1)C(=O)O. The van der Waals surface area contributed by atoms with Crippen molar-refractivity contribution in [2.45, 2.75) is 43.7 Å². The Balaban J connectivity index is 2.17. The number of rotatable bonds is 7. The van der Waals surface area contributed by atoms with E-state index >= 15 is 0 Å². The Morgan fingerprint density at radius 2 is 1.83 bits per heavy atom. The Morgan fingerprint density at radius 1 is 1.13 bits per heavy atom. The van der Waals surface area contributed by atoms with Gasteiger partial charge in [0.1, 0.15) is 6.04 Å². The fourth-order valence-corrected chi connectivity index (χ4v) is 3.53. The molecule has 1 saturated carbocycles. The van der Waals surface area contributed by atoms with E-state index in [0.29, 0.717) is 25.0 Å². The summed E-state index contributed by atoms with van der Waals surface area (Å²) < 4.78 is 9.08. The number of ether oxygens (including phenoxy) is 2.